The van der Waals surface area contributed by atoms with E-state index in [0.717, 1.165) is 44.5 Å². The van der Waals surface area contributed by atoms with Crippen LogP contribution in [0.3, 0.4) is 0 Å². The van der Waals surface area contributed by atoms with E-state index in [4.69, 9.17) is 0 Å². The van der Waals surface area contributed by atoms with Crippen LogP contribution in [0, 0.1) is 13.8 Å². The lowest BCUT2D eigenvalue weighted by atomic mass is 9.77. The van der Waals surface area contributed by atoms with E-state index in [1.54, 1.807) is 0 Å². The largest absolute Gasteiger partial charge is 0.364 e. The van der Waals surface area contributed by atoms with Crippen LogP contribution in [-0.4, -0.2) is 24.9 Å². The van der Waals surface area contributed by atoms with E-state index in [1.807, 2.05) is 0 Å². The number of unbranched alkanes of at least 4 members (excludes halogenated alkanes) is 1. The Morgan fingerprint density at radius 3 is 2.09 bits per heavy atom. The van der Waals surface area contributed by atoms with Gasteiger partial charge in [-0.1, -0.05) is 114 Å². The number of hydrogen-bond donors (Lipinski definition) is 1. The molecule has 0 saturated heterocycles. The van der Waals surface area contributed by atoms with Gasteiger partial charge < -0.3 is 9.80 Å². The van der Waals surface area contributed by atoms with Crippen LogP contribution in [0.4, 0.5) is 11.4 Å². The van der Waals surface area contributed by atoms with Gasteiger partial charge in [0.1, 0.15) is 0 Å². The first-order chi connectivity index (χ1) is 22.1. The molecule has 0 aliphatic carbocycles. The summed E-state index contributed by atoms with van der Waals surface area (Å²) < 4.78 is 0. The summed E-state index contributed by atoms with van der Waals surface area (Å²) >= 11 is 4.49. The van der Waals surface area contributed by atoms with Crippen molar-refractivity contribution >= 4 is 36.2 Å². The molecule has 2 aliphatic heterocycles. The van der Waals surface area contributed by atoms with Crippen LogP contribution in [-0.2, 0) is 10.8 Å². The molecular formula is C43H58N2S. The first-order valence-electron chi connectivity index (χ1n) is 17.5. The maximum atomic E-state index is 4.49. The maximum absolute atomic E-state index is 4.49. The van der Waals surface area contributed by atoms with Crippen molar-refractivity contribution in [2.24, 2.45) is 0 Å². The van der Waals surface area contributed by atoms with Crippen molar-refractivity contribution in [1.82, 2.24) is 0 Å². The predicted octanol–water partition coefficient (Wildman–Crippen LogP) is 11.7. The van der Waals surface area contributed by atoms with Gasteiger partial charge >= 0.3 is 0 Å². The standard InChI is InChI=1S/C43H58N2S/c1-10-13-22-35-33(5)26-28-37-41(35)43(8,9)39(45(37)30-19-20-31-46)24-18-16-14-15-17-23-38-42(6,7)40-34(21-11-2)32(4)25-27-36(40)44(38)29-12-3/h11,13-18,21-28,39,46H,10,12,19-20,29-31H2,1-9H3/b16-14+,17-15+,21-11-,22-13-,24-18+,38-23+. The Bertz CT molecular complexity index is 1540. The van der Waals surface area contributed by atoms with Gasteiger partial charge in [0.25, 0.3) is 0 Å². The zero-order valence-corrected chi connectivity index (χ0v) is 30.9. The van der Waals surface area contributed by atoms with Gasteiger partial charge in [-0.15, -0.1) is 0 Å². The van der Waals surface area contributed by atoms with Gasteiger partial charge in [-0.3, -0.25) is 0 Å². The van der Waals surface area contributed by atoms with Crippen LogP contribution in [0.5, 0.6) is 0 Å². The molecule has 3 heteroatoms. The summed E-state index contributed by atoms with van der Waals surface area (Å²) in [4.78, 5) is 5.17. The minimum absolute atomic E-state index is 0.00367. The molecule has 0 spiro atoms. The molecule has 2 heterocycles. The van der Waals surface area contributed by atoms with Crippen molar-refractivity contribution in [2.75, 3.05) is 28.6 Å². The first-order valence-corrected chi connectivity index (χ1v) is 18.1. The van der Waals surface area contributed by atoms with E-state index in [1.165, 1.54) is 50.5 Å². The summed E-state index contributed by atoms with van der Waals surface area (Å²) in [7, 11) is 0. The van der Waals surface area contributed by atoms with E-state index in [-0.39, 0.29) is 10.8 Å². The second-order valence-corrected chi connectivity index (χ2v) is 14.4. The molecule has 4 rings (SSSR count). The Hall–Kier alpha value is -3.17. The smallest absolute Gasteiger partial charge is 0.0568 e. The van der Waals surface area contributed by atoms with Crippen molar-refractivity contribution < 1.29 is 0 Å². The molecule has 0 amide bonds. The molecule has 0 aromatic heterocycles. The van der Waals surface area contributed by atoms with Gasteiger partial charge in [-0.05, 0) is 104 Å². The van der Waals surface area contributed by atoms with Crippen LogP contribution in [0.25, 0.3) is 12.2 Å². The van der Waals surface area contributed by atoms with E-state index in [9.17, 15) is 0 Å². The molecule has 0 bridgehead atoms. The number of anilines is 2. The first kappa shape index (κ1) is 35.7. The van der Waals surface area contributed by atoms with Gasteiger partial charge in [-0.2, -0.15) is 12.6 Å². The number of allylic oxidation sites excluding steroid dienone is 9. The summed E-state index contributed by atoms with van der Waals surface area (Å²) in [6.07, 6.45) is 29.3. The molecule has 246 valence electrons. The SMILES string of the molecule is C/C=C\c1c(C)ccc2c1C(C)(C)\C(=C/C=C/C=C/C=C/C1N(CCCCS)c3ccc(C)c(/C=C\CC)c3C1(C)C)N2CCC. The number of thiol groups is 1. The predicted molar refractivity (Wildman–Crippen MR) is 210 cm³/mol. The van der Waals surface area contributed by atoms with Crippen LogP contribution >= 0.6 is 12.6 Å². The maximum Gasteiger partial charge on any atom is 0.0568 e. The third-order valence-corrected chi connectivity index (χ3v) is 10.2. The highest BCUT2D eigenvalue weighted by atomic mass is 32.1. The molecule has 46 heavy (non-hydrogen) atoms. The van der Waals surface area contributed by atoms with Gasteiger partial charge in [-0.25, -0.2) is 0 Å². The fourth-order valence-corrected chi connectivity index (χ4v) is 7.83. The minimum atomic E-state index is -0.0671. The van der Waals surface area contributed by atoms with Crippen molar-refractivity contribution in [3.8, 4) is 0 Å². The molecule has 0 radical (unpaired) electrons. The van der Waals surface area contributed by atoms with Gasteiger partial charge in [0.2, 0.25) is 0 Å². The normalized spacial score (nSPS) is 19.8. The Balaban J connectivity index is 1.59. The van der Waals surface area contributed by atoms with Gasteiger partial charge in [0.15, 0.2) is 0 Å². The van der Waals surface area contributed by atoms with E-state index in [0.29, 0.717) is 6.04 Å². The lowest BCUT2D eigenvalue weighted by Crippen LogP contribution is -2.40. The summed E-state index contributed by atoms with van der Waals surface area (Å²) in [5.41, 5.74) is 12.4. The molecule has 1 unspecified atom stereocenters. The average Bonchev–Trinajstić information content (AvgIpc) is 3.36. The third-order valence-electron chi connectivity index (χ3n) is 9.86. The zero-order valence-electron chi connectivity index (χ0n) is 30.0. The van der Waals surface area contributed by atoms with Crippen molar-refractivity contribution in [3.05, 3.63) is 118 Å². The average molecular weight is 635 g/mol. The molecule has 1 atom stereocenters. The molecule has 2 nitrogen and oxygen atoms in total. The second kappa shape index (κ2) is 15.6. The minimum Gasteiger partial charge on any atom is -0.364 e. The molecule has 2 aliphatic rings. The highest BCUT2D eigenvalue weighted by Crippen LogP contribution is 2.51. The number of benzene rings is 2. The summed E-state index contributed by atoms with van der Waals surface area (Å²) in [6, 6.07) is 9.54. The van der Waals surface area contributed by atoms with E-state index in [2.05, 4.69) is 176 Å². The van der Waals surface area contributed by atoms with Crippen LogP contribution in [0.15, 0.2) is 84.6 Å². The number of fused-ring (bicyclic) bond motifs is 2. The number of rotatable bonds is 13. The summed E-state index contributed by atoms with van der Waals surface area (Å²) in [5.74, 6) is 0.935. The molecule has 2 aromatic rings. The number of nitrogens with zero attached hydrogens (tertiary/aromatic N) is 2. The summed E-state index contributed by atoms with van der Waals surface area (Å²) in [6.45, 7) is 22.7. The quantitative estimate of drug-likeness (QED) is 0.133. The zero-order chi connectivity index (χ0) is 33.5. The summed E-state index contributed by atoms with van der Waals surface area (Å²) in [5, 5.41) is 0. The van der Waals surface area contributed by atoms with E-state index >= 15 is 0 Å². The monoisotopic (exact) mass is 634 g/mol. The van der Waals surface area contributed by atoms with Crippen molar-refractivity contribution in [2.45, 2.75) is 105 Å². The third kappa shape index (κ3) is 7.05. The van der Waals surface area contributed by atoms with Crippen molar-refractivity contribution in [1.29, 1.82) is 0 Å². The molecule has 0 N–H and O–H groups in total. The Labute approximate surface area is 286 Å². The Morgan fingerprint density at radius 1 is 0.783 bits per heavy atom. The Morgan fingerprint density at radius 2 is 1.43 bits per heavy atom. The Kier molecular flexibility index (Phi) is 12.1. The van der Waals surface area contributed by atoms with Crippen molar-refractivity contribution in [3.63, 3.8) is 0 Å². The highest BCUT2D eigenvalue weighted by Gasteiger charge is 2.44. The highest BCUT2D eigenvalue weighted by molar-refractivity contribution is 7.80. The molecular weight excluding hydrogens is 577 g/mol. The van der Waals surface area contributed by atoms with Crippen LogP contribution in [0.2, 0.25) is 0 Å². The topological polar surface area (TPSA) is 6.48 Å². The van der Waals surface area contributed by atoms with Crippen LogP contribution < -0.4 is 9.80 Å². The molecule has 0 fully saturated rings. The number of aryl methyl sites for hydroxylation is 2. The van der Waals surface area contributed by atoms with Gasteiger partial charge in [0, 0.05) is 41.0 Å². The lowest BCUT2D eigenvalue weighted by Gasteiger charge is -2.32. The van der Waals surface area contributed by atoms with Gasteiger partial charge in [0.05, 0.1) is 6.04 Å². The fourth-order valence-electron chi connectivity index (χ4n) is 7.61. The van der Waals surface area contributed by atoms with E-state index < -0.39 is 0 Å². The van der Waals surface area contributed by atoms with Crippen LogP contribution in [0.1, 0.15) is 108 Å². The second-order valence-electron chi connectivity index (χ2n) is 14.0. The number of hydrogen-bond acceptors (Lipinski definition) is 3. The fraction of sp³-hybridized carbons (Fsp3) is 0.442. The molecule has 0 saturated carbocycles. The molecule has 2 aromatic carbocycles. The lowest BCUT2D eigenvalue weighted by molar-refractivity contribution is 0.471.